The van der Waals surface area contributed by atoms with Crippen molar-refractivity contribution in [1.29, 1.82) is 0 Å². The van der Waals surface area contributed by atoms with Gasteiger partial charge in [0.2, 0.25) is 5.91 Å². The van der Waals surface area contributed by atoms with Crippen molar-refractivity contribution in [3.63, 3.8) is 0 Å². The van der Waals surface area contributed by atoms with Gasteiger partial charge in [0.25, 0.3) is 11.8 Å². The molecule has 1 saturated heterocycles. The molecule has 3 amide bonds. The molecule has 1 aliphatic heterocycles. The number of rotatable bonds is 4. The van der Waals surface area contributed by atoms with Gasteiger partial charge in [-0.3, -0.25) is 19.2 Å². The van der Waals surface area contributed by atoms with E-state index in [1.165, 1.54) is 24.0 Å². The summed E-state index contributed by atoms with van der Waals surface area (Å²) in [7, 11) is 0. The van der Waals surface area contributed by atoms with Gasteiger partial charge in [-0.1, -0.05) is 17.7 Å². The molecule has 0 N–H and O–H groups in total. The van der Waals surface area contributed by atoms with Crippen LogP contribution in [0, 0.1) is 6.92 Å². The predicted molar refractivity (Wildman–Crippen MR) is 116 cm³/mol. The number of nitrogens with zero attached hydrogens (tertiary/aromatic N) is 2. The Balaban J connectivity index is 1.91. The highest BCUT2D eigenvalue weighted by Gasteiger charge is 2.47. The highest BCUT2D eigenvalue weighted by atomic mass is 16.5. The number of hydrogen-bond donors (Lipinski definition) is 0. The average molecular weight is 422 g/mol. The Morgan fingerprint density at radius 1 is 1.00 bits per heavy atom. The van der Waals surface area contributed by atoms with E-state index >= 15 is 0 Å². The van der Waals surface area contributed by atoms with E-state index in [0.29, 0.717) is 17.0 Å². The van der Waals surface area contributed by atoms with Crippen molar-refractivity contribution in [3.05, 3.63) is 59.7 Å². The zero-order valence-electron chi connectivity index (χ0n) is 18.3. The normalized spacial score (nSPS) is 16.4. The fourth-order valence-corrected chi connectivity index (χ4v) is 3.67. The third-order valence-electron chi connectivity index (χ3n) is 5.03. The molecule has 1 heterocycles. The molecule has 2 aromatic carbocycles. The number of hydrogen-bond acceptors (Lipinski definition) is 5. The van der Waals surface area contributed by atoms with Crippen LogP contribution >= 0.6 is 0 Å². The van der Waals surface area contributed by atoms with Crippen LogP contribution in [0.3, 0.4) is 0 Å². The molecule has 0 aromatic heterocycles. The van der Waals surface area contributed by atoms with E-state index in [9.17, 15) is 19.2 Å². The maximum atomic E-state index is 13.3. The number of aryl methyl sites for hydroxylation is 1. The zero-order valence-corrected chi connectivity index (χ0v) is 18.3. The lowest BCUT2D eigenvalue weighted by atomic mass is 9.99. The van der Waals surface area contributed by atoms with Gasteiger partial charge in [-0.15, -0.1) is 0 Å². The number of carbonyl (C=O) groups is 4. The van der Waals surface area contributed by atoms with Gasteiger partial charge >= 0.3 is 5.97 Å². The van der Waals surface area contributed by atoms with Crippen LogP contribution in [0.5, 0.6) is 5.75 Å². The number of esters is 1. The van der Waals surface area contributed by atoms with Crippen molar-refractivity contribution in [2.75, 3.05) is 4.90 Å². The lowest BCUT2D eigenvalue weighted by Gasteiger charge is -2.39. The summed E-state index contributed by atoms with van der Waals surface area (Å²) in [5.74, 6) is -1.29. The van der Waals surface area contributed by atoms with E-state index in [4.69, 9.17) is 4.74 Å². The van der Waals surface area contributed by atoms with E-state index in [2.05, 4.69) is 0 Å². The number of carbonyl (C=O) groups excluding carboxylic acids is 4. The van der Waals surface area contributed by atoms with E-state index in [1.807, 2.05) is 39.8 Å². The number of amides is 3. The molecule has 1 unspecified atom stereocenters. The largest absolute Gasteiger partial charge is 0.427 e. The third-order valence-corrected chi connectivity index (χ3v) is 5.03. The first-order chi connectivity index (χ1) is 14.5. The highest BCUT2D eigenvalue weighted by Crippen LogP contribution is 2.31. The summed E-state index contributed by atoms with van der Waals surface area (Å²) >= 11 is 0. The Labute approximate surface area is 181 Å². The predicted octanol–water partition coefficient (Wildman–Crippen LogP) is 3.49. The monoisotopic (exact) mass is 422 g/mol. The molecule has 1 fully saturated rings. The Hall–Kier alpha value is -3.48. The van der Waals surface area contributed by atoms with Crippen LogP contribution in [0.1, 0.15) is 50.0 Å². The Bertz CT molecular complexity index is 1020. The molecule has 31 heavy (non-hydrogen) atoms. The molecular weight excluding hydrogens is 396 g/mol. The molecule has 0 radical (unpaired) electrons. The van der Waals surface area contributed by atoms with Gasteiger partial charge in [0, 0.05) is 18.0 Å². The van der Waals surface area contributed by atoms with Crippen LogP contribution in [0.15, 0.2) is 48.5 Å². The first-order valence-corrected chi connectivity index (χ1v) is 10.0. The summed E-state index contributed by atoms with van der Waals surface area (Å²) in [6.07, 6.45) is -0.0978. The minimum Gasteiger partial charge on any atom is -0.427 e. The topological polar surface area (TPSA) is 84.0 Å². The number of imide groups is 1. The van der Waals surface area contributed by atoms with Crippen molar-refractivity contribution in [2.45, 2.75) is 52.6 Å². The van der Waals surface area contributed by atoms with Gasteiger partial charge in [0.05, 0.1) is 12.1 Å². The fourth-order valence-electron chi connectivity index (χ4n) is 3.67. The standard InChI is InChI=1S/C24H26N2O5/c1-15-6-8-17(9-7-15)22(29)26(24(3,4)5)20-14-21(28)25(23(20)30)18-10-12-19(13-11-18)31-16(2)27/h6-13,20H,14H2,1-5H3. The quantitative estimate of drug-likeness (QED) is 0.428. The molecule has 1 aliphatic rings. The van der Waals surface area contributed by atoms with E-state index < -0.39 is 23.5 Å². The molecule has 1 atom stereocenters. The first kappa shape index (κ1) is 22.2. The molecule has 0 aliphatic carbocycles. The SMILES string of the molecule is CC(=O)Oc1ccc(N2C(=O)CC(N(C(=O)c3ccc(C)cc3)C(C)(C)C)C2=O)cc1. The van der Waals surface area contributed by atoms with Crippen LogP contribution in [-0.2, 0) is 14.4 Å². The van der Waals surface area contributed by atoms with Gasteiger partial charge < -0.3 is 9.64 Å². The maximum Gasteiger partial charge on any atom is 0.308 e. The molecular formula is C24H26N2O5. The molecule has 7 heteroatoms. The second-order valence-corrected chi connectivity index (χ2v) is 8.59. The number of benzene rings is 2. The van der Waals surface area contributed by atoms with E-state index in [-0.39, 0.29) is 18.2 Å². The van der Waals surface area contributed by atoms with Crippen molar-refractivity contribution < 1.29 is 23.9 Å². The third kappa shape index (κ3) is 4.66. The van der Waals surface area contributed by atoms with Gasteiger partial charge in [-0.25, -0.2) is 4.90 Å². The lowest BCUT2D eigenvalue weighted by Crippen LogP contribution is -2.54. The summed E-state index contributed by atoms with van der Waals surface area (Å²) in [5.41, 5.74) is 1.17. The zero-order chi connectivity index (χ0) is 22.9. The number of anilines is 1. The molecule has 2 aromatic rings. The second-order valence-electron chi connectivity index (χ2n) is 8.59. The van der Waals surface area contributed by atoms with Gasteiger partial charge in [0.1, 0.15) is 11.8 Å². The van der Waals surface area contributed by atoms with Crippen LogP contribution < -0.4 is 9.64 Å². The average Bonchev–Trinajstić information content (AvgIpc) is 2.95. The minimum atomic E-state index is -0.908. The van der Waals surface area contributed by atoms with Gasteiger partial charge in [0.15, 0.2) is 0 Å². The van der Waals surface area contributed by atoms with Gasteiger partial charge in [-0.05, 0) is 64.1 Å². The van der Waals surface area contributed by atoms with Crippen LogP contribution in [0.4, 0.5) is 5.69 Å². The van der Waals surface area contributed by atoms with Crippen LogP contribution in [-0.4, -0.2) is 40.2 Å². The van der Waals surface area contributed by atoms with Gasteiger partial charge in [-0.2, -0.15) is 0 Å². The molecule has 3 rings (SSSR count). The molecule has 0 spiro atoms. The summed E-state index contributed by atoms with van der Waals surface area (Å²) in [6.45, 7) is 8.74. The van der Waals surface area contributed by atoms with Crippen LogP contribution in [0.2, 0.25) is 0 Å². The Kier molecular flexibility index (Phi) is 5.97. The molecule has 7 nitrogen and oxygen atoms in total. The van der Waals surface area contributed by atoms with E-state index in [0.717, 1.165) is 10.5 Å². The van der Waals surface area contributed by atoms with Crippen molar-refractivity contribution in [2.24, 2.45) is 0 Å². The van der Waals surface area contributed by atoms with Crippen molar-refractivity contribution in [3.8, 4) is 5.75 Å². The molecule has 0 saturated carbocycles. The molecule has 162 valence electrons. The number of ether oxygens (including phenoxy) is 1. The van der Waals surface area contributed by atoms with Crippen molar-refractivity contribution in [1.82, 2.24) is 4.90 Å². The Morgan fingerprint density at radius 2 is 1.58 bits per heavy atom. The summed E-state index contributed by atoms with van der Waals surface area (Å²) in [5, 5.41) is 0. The maximum absolute atomic E-state index is 13.3. The van der Waals surface area contributed by atoms with E-state index in [1.54, 1.807) is 24.3 Å². The van der Waals surface area contributed by atoms with Crippen LogP contribution in [0.25, 0.3) is 0 Å². The lowest BCUT2D eigenvalue weighted by molar-refractivity contribution is -0.132. The summed E-state index contributed by atoms with van der Waals surface area (Å²) < 4.78 is 5.00. The fraction of sp³-hybridized carbons (Fsp3) is 0.333. The minimum absolute atomic E-state index is 0.0978. The first-order valence-electron chi connectivity index (χ1n) is 10.0. The Morgan fingerprint density at radius 3 is 2.10 bits per heavy atom. The smallest absolute Gasteiger partial charge is 0.308 e. The second kappa shape index (κ2) is 8.34. The molecule has 0 bridgehead atoms. The highest BCUT2D eigenvalue weighted by molar-refractivity contribution is 6.23. The van der Waals surface area contributed by atoms with Crippen molar-refractivity contribution >= 4 is 29.4 Å². The summed E-state index contributed by atoms with van der Waals surface area (Å²) in [4.78, 5) is 53.1. The summed E-state index contributed by atoms with van der Waals surface area (Å²) in [6, 6.07) is 12.3.